The number of anilines is 1. The molecule has 0 spiro atoms. The molecule has 1 aliphatic heterocycles. The highest BCUT2D eigenvalue weighted by molar-refractivity contribution is 8.01. The summed E-state index contributed by atoms with van der Waals surface area (Å²) in [5.74, 6) is -0.131. The first-order chi connectivity index (χ1) is 13.5. The zero-order valence-electron chi connectivity index (χ0n) is 17.5. The third-order valence-corrected chi connectivity index (χ3v) is 6.69. The van der Waals surface area contributed by atoms with Crippen molar-refractivity contribution in [1.29, 1.82) is 0 Å². The molecule has 29 heavy (non-hydrogen) atoms. The van der Waals surface area contributed by atoms with Gasteiger partial charge in [0, 0.05) is 15.9 Å². The van der Waals surface area contributed by atoms with Crippen LogP contribution < -0.4 is 5.32 Å². The van der Waals surface area contributed by atoms with Crippen molar-refractivity contribution in [3.63, 3.8) is 0 Å². The molecule has 5 nitrogen and oxygen atoms in total. The number of carbonyl (C=O) groups is 1. The van der Waals surface area contributed by atoms with Gasteiger partial charge in [-0.2, -0.15) is 0 Å². The number of aromatic hydroxyl groups is 1. The van der Waals surface area contributed by atoms with Gasteiger partial charge in [0.2, 0.25) is 5.91 Å². The zero-order chi connectivity index (χ0) is 21.6. The van der Waals surface area contributed by atoms with Crippen molar-refractivity contribution in [2.75, 3.05) is 11.9 Å². The van der Waals surface area contributed by atoms with Gasteiger partial charge in [-0.3, -0.25) is 4.79 Å². The van der Waals surface area contributed by atoms with Crippen molar-refractivity contribution in [3.8, 4) is 5.75 Å². The number of phenols is 1. The summed E-state index contributed by atoms with van der Waals surface area (Å²) in [6.45, 7) is 9.45. The molecule has 3 rings (SSSR count). The molecule has 0 saturated carbocycles. The second kappa shape index (κ2) is 7.67. The van der Waals surface area contributed by atoms with Crippen LogP contribution in [0.15, 0.2) is 41.3 Å². The summed E-state index contributed by atoms with van der Waals surface area (Å²) in [7, 11) is 0. The Morgan fingerprint density at radius 1 is 1.10 bits per heavy atom. The minimum absolute atomic E-state index is 0.124. The number of aliphatic hydroxyl groups excluding tert-OH is 2. The second-order valence-corrected chi connectivity index (χ2v) is 10.4. The van der Waals surface area contributed by atoms with Crippen LogP contribution in [0.2, 0.25) is 0 Å². The topological polar surface area (TPSA) is 89.8 Å². The van der Waals surface area contributed by atoms with E-state index in [0.717, 1.165) is 10.6 Å². The molecule has 4 N–H and O–H groups in total. The summed E-state index contributed by atoms with van der Waals surface area (Å²) in [5, 5.41) is 34.1. The molecule has 2 atom stereocenters. The van der Waals surface area contributed by atoms with Crippen molar-refractivity contribution < 1.29 is 20.1 Å². The number of phenolic OH excluding ortho intramolecular Hbond substituents is 1. The number of rotatable bonds is 4. The van der Waals surface area contributed by atoms with E-state index in [1.165, 1.54) is 11.8 Å². The Morgan fingerprint density at radius 3 is 2.34 bits per heavy atom. The maximum atomic E-state index is 12.7. The molecule has 0 aromatic heterocycles. The fourth-order valence-electron chi connectivity index (χ4n) is 3.45. The van der Waals surface area contributed by atoms with E-state index in [2.05, 4.69) is 5.32 Å². The molecule has 0 radical (unpaired) electrons. The predicted octanol–water partition coefficient (Wildman–Crippen LogP) is 4.11. The molecule has 2 aromatic rings. The standard InChI is InChI=1S/C23H29NO4S/c1-22(2,3)14-10-13(11-15(19(14)27)23(4,5)12-25)18(26)20-21(28)24-16-8-6-7-9-17(16)29-20/h6-11,18,20,25-27H,12H2,1-5H3,(H,24,28). The monoisotopic (exact) mass is 415 g/mol. The van der Waals surface area contributed by atoms with E-state index in [0.29, 0.717) is 16.7 Å². The van der Waals surface area contributed by atoms with Crippen LogP contribution >= 0.6 is 11.8 Å². The van der Waals surface area contributed by atoms with Crippen molar-refractivity contribution in [1.82, 2.24) is 0 Å². The lowest BCUT2D eigenvalue weighted by Gasteiger charge is -2.32. The van der Waals surface area contributed by atoms with E-state index in [1.54, 1.807) is 12.1 Å². The Bertz CT molecular complexity index is 933. The van der Waals surface area contributed by atoms with E-state index in [1.807, 2.05) is 58.9 Å². The number of amides is 1. The fraction of sp³-hybridized carbons (Fsp3) is 0.435. The van der Waals surface area contributed by atoms with Crippen LogP contribution in [0.1, 0.15) is 57.4 Å². The Kier molecular flexibility index (Phi) is 5.73. The number of carbonyl (C=O) groups excluding carboxylic acids is 1. The smallest absolute Gasteiger partial charge is 0.240 e. The maximum Gasteiger partial charge on any atom is 0.240 e. The lowest BCUT2D eigenvalue weighted by molar-refractivity contribution is -0.117. The minimum atomic E-state index is -1.07. The van der Waals surface area contributed by atoms with Gasteiger partial charge in [0.1, 0.15) is 17.1 Å². The molecule has 6 heteroatoms. The number of fused-ring (bicyclic) bond motifs is 1. The Morgan fingerprint density at radius 2 is 1.72 bits per heavy atom. The van der Waals surface area contributed by atoms with Crippen molar-refractivity contribution in [2.45, 2.75) is 61.7 Å². The van der Waals surface area contributed by atoms with E-state index < -0.39 is 16.8 Å². The molecule has 0 aliphatic carbocycles. The van der Waals surface area contributed by atoms with Crippen molar-refractivity contribution in [3.05, 3.63) is 53.1 Å². The van der Waals surface area contributed by atoms with E-state index in [9.17, 15) is 20.1 Å². The number of benzene rings is 2. The first-order valence-electron chi connectivity index (χ1n) is 9.69. The molecule has 0 fully saturated rings. The third-order valence-electron chi connectivity index (χ3n) is 5.35. The van der Waals surface area contributed by atoms with E-state index >= 15 is 0 Å². The fourth-order valence-corrected chi connectivity index (χ4v) is 4.58. The molecule has 2 aromatic carbocycles. The molecule has 2 unspecified atom stereocenters. The summed E-state index contributed by atoms with van der Waals surface area (Å²) in [4.78, 5) is 13.6. The number of hydrogen-bond donors (Lipinski definition) is 4. The second-order valence-electron chi connectivity index (χ2n) is 9.23. The Balaban J connectivity index is 2.08. The van der Waals surface area contributed by atoms with Crippen LogP contribution in [0.5, 0.6) is 5.75 Å². The van der Waals surface area contributed by atoms with Crippen LogP contribution in [-0.2, 0) is 15.6 Å². The van der Waals surface area contributed by atoms with Gasteiger partial charge in [0.25, 0.3) is 0 Å². The average Bonchev–Trinajstić information content (AvgIpc) is 2.66. The summed E-state index contributed by atoms with van der Waals surface area (Å²) in [6.07, 6.45) is -1.07. The van der Waals surface area contributed by atoms with Crippen molar-refractivity contribution >= 4 is 23.4 Å². The van der Waals surface area contributed by atoms with Crippen LogP contribution in [-0.4, -0.2) is 33.1 Å². The van der Waals surface area contributed by atoms with E-state index in [4.69, 9.17) is 0 Å². The molecule has 0 saturated heterocycles. The van der Waals surface area contributed by atoms with Gasteiger partial charge < -0.3 is 20.6 Å². The Hall–Kier alpha value is -2.02. The number of para-hydroxylation sites is 1. The predicted molar refractivity (Wildman–Crippen MR) is 117 cm³/mol. The van der Waals surface area contributed by atoms with Crippen LogP contribution in [0.4, 0.5) is 5.69 Å². The molecule has 156 valence electrons. The molecular formula is C23H29NO4S. The summed E-state index contributed by atoms with van der Waals surface area (Å²) in [6, 6.07) is 11.0. The first kappa shape index (κ1) is 21.7. The van der Waals surface area contributed by atoms with Gasteiger partial charge in [-0.15, -0.1) is 11.8 Å². The van der Waals surface area contributed by atoms with Gasteiger partial charge in [-0.05, 0) is 40.8 Å². The number of aliphatic hydroxyl groups is 2. The van der Waals surface area contributed by atoms with Crippen LogP contribution in [0, 0.1) is 0 Å². The molecule has 0 bridgehead atoms. The van der Waals surface area contributed by atoms with Crippen LogP contribution in [0.25, 0.3) is 0 Å². The average molecular weight is 416 g/mol. The van der Waals surface area contributed by atoms with Gasteiger partial charge >= 0.3 is 0 Å². The summed E-state index contributed by atoms with van der Waals surface area (Å²) >= 11 is 1.33. The lowest BCUT2D eigenvalue weighted by atomic mass is 9.77. The van der Waals surface area contributed by atoms with Gasteiger partial charge in [-0.25, -0.2) is 0 Å². The SMILES string of the molecule is CC(C)(C)c1cc(C(O)C2Sc3ccccc3NC2=O)cc(C(C)(C)CO)c1O. The molecule has 1 aliphatic rings. The largest absolute Gasteiger partial charge is 0.507 e. The number of nitrogens with one attached hydrogen (secondary N) is 1. The summed E-state index contributed by atoms with van der Waals surface area (Å²) in [5.41, 5.74) is 1.45. The van der Waals surface area contributed by atoms with Crippen molar-refractivity contribution in [2.24, 2.45) is 0 Å². The lowest BCUT2D eigenvalue weighted by Crippen LogP contribution is -2.34. The third kappa shape index (κ3) is 4.15. The van der Waals surface area contributed by atoms with Gasteiger partial charge in [-0.1, -0.05) is 46.8 Å². The number of thioether (sulfide) groups is 1. The highest BCUT2D eigenvalue weighted by Gasteiger charge is 2.36. The summed E-state index contributed by atoms with van der Waals surface area (Å²) < 4.78 is 0. The molecular weight excluding hydrogens is 386 g/mol. The normalized spacial score (nSPS) is 18.2. The van der Waals surface area contributed by atoms with Gasteiger partial charge in [0.05, 0.1) is 12.3 Å². The van der Waals surface area contributed by atoms with Gasteiger partial charge in [0.15, 0.2) is 0 Å². The first-order valence-corrected chi connectivity index (χ1v) is 10.6. The van der Waals surface area contributed by atoms with Crippen LogP contribution in [0.3, 0.4) is 0 Å². The zero-order valence-corrected chi connectivity index (χ0v) is 18.3. The van der Waals surface area contributed by atoms with E-state index in [-0.39, 0.29) is 23.7 Å². The maximum absolute atomic E-state index is 12.7. The highest BCUT2D eigenvalue weighted by atomic mass is 32.2. The minimum Gasteiger partial charge on any atom is -0.507 e. The Labute approximate surface area is 176 Å². The quantitative estimate of drug-likeness (QED) is 0.604. The molecule has 1 amide bonds. The molecule has 1 heterocycles. The highest BCUT2D eigenvalue weighted by Crippen LogP contribution is 2.44. The number of hydrogen-bond acceptors (Lipinski definition) is 5.